The standard InChI is InChI=1S/C21H15Cl3N4O/c1-11-3-6-14(7-4-11)28-19(24)16(12(2)27-28)10-17(23)20-25-18-9-13(22)5-8-15(18)21(29)26-20/h3-10H,1-2H3,(H,25,26,29)/b17-10-. The lowest BCUT2D eigenvalue weighted by atomic mass is 10.2. The highest BCUT2D eigenvalue weighted by molar-refractivity contribution is 6.51. The Hall–Kier alpha value is -2.60. The summed E-state index contributed by atoms with van der Waals surface area (Å²) in [4.78, 5) is 19.5. The van der Waals surface area contributed by atoms with Gasteiger partial charge in [0, 0.05) is 10.6 Å². The van der Waals surface area contributed by atoms with E-state index >= 15 is 0 Å². The van der Waals surface area contributed by atoms with Crippen LogP contribution in [0.3, 0.4) is 0 Å². The van der Waals surface area contributed by atoms with Crippen LogP contribution in [-0.2, 0) is 0 Å². The van der Waals surface area contributed by atoms with Crippen LogP contribution in [0.5, 0.6) is 0 Å². The molecule has 0 unspecified atom stereocenters. The second-order valence-electron chi connectivity index (χ2n) is 6.61. The number of benzene rings is 2. The smallest absolute Gasteiger partial charge is 0.259 e. The molecule has 5 nitrogen and oxygen atoms in total. The van der Waals surface area contributed by atoms with Gasteiger partial charge in [0.05, 0.1) is 27.3 Å². The van der Waals surface area contributed by atoms with Gasteiger partial charge < -0.3 is 4.98 Å². The zero-order chi connectivity index (χ0) is 20.7. The van der Waals surface area contributed by atoms with Gasteiger partial charge in [-0.3, -0.25) is 4.79 Å². The van der Waals surface area contributed by atoms with Gasteiger partial charge in [0.15, 0.2) is 5.82 Å². The number of aryl methyl sites for hydroxylation is 2. The summed E-state index contributed by atoms with van der Waals surface area (Å²) in [6.45, 7) is 3.85. The Balaban J connectivity index is 1.79. The summed E-state index contributed by atoms with van der Waals surface area (Å²) in [5.41, 5.74) is 3.48. The largest absolute Gasteiger partial charge is 0.305 e. The molecular formula is C21H15Cl3N4O. The molecule has 29 heavy (non-hydrogen) atoms. The summed E-state index contributed by atoms with van der Waals surface area (Å²) in [5.74, 6) is 0.227. The van der Waals surface area contributed by atoms with Crippen molar-refractivity contribution in [1.29, 1.82) is 0 Å². The summed E-state index contributed by atoms with van der Waals surface area (Å²) in [5, 5.41) is 6.07. The molecule has 0 fully saturated rings. The Labute approximate surface area is 181 Å². The molecule has 0 spiro atoms. The maximum atomic E-state index is 12.4. The van der Waals surface area contributed by atoms with Gasteiger partial charge in [0.1, 0.15) is 5.15 Å². The van der Waals surface area contributed by atoms with Gasteiger partial charge in [-0.1, -0.05) is 52.5 Å². The van der Waals surface area contributed by atoms with Crippen LogP contribution in [0.15, 0.2) is 47.3 Å². The van der Waals surface area contributed by atoms with Gasteiger partial charge in [-0.25, -0.2) is 9.67 Å². The molecular weight excluding hydrogens is 431 g/mol. The SMILES string of the molecule is Cc1ccc(-n2nc(C)c(/C=C(\Cl)c3nc4cc(Cl)ccc4c(=O)[nH]3)c2Cl)cc1. The fourth-order valence-electron chi connectivity index (χ4n) is 2.95. The first-order valence-electron chi connectivity index (χ1n) is 8.73. The van der Waals surface area contributed by atoms with Gasteiger partial charge >= 0.3 is 0 Å². The summed E-state index contributed by atoms with van der Waals surface area (Å²) >= 11 is 19.1. The van der Waals surface area contributed by atoms with E-state index in [1.54, 1.807) is 29.0 Å². The molecule has 2 aromatic carbocycles. The topological polar surface area (TPSA) is 63.6 Å². The van der Waals surface area contributed by atoms with Crippen LogP contribution in [0.4, 0.5) is 0 Å². The van der Waals surface area contributed by atoms with E-state index in [4.69, 9.17) is 34.8 Å². The molecule has 4 rings (SSSR count). The third-order valence-corrected chi connectivity index (χ3v) is 5.38. The van der Waals surface area contributed by atoms with E-state index < -0.39 is 0 Å². The molecule has 0 aliphatic rings. The molecule has 0 saturated carbocycles. The Morgan fingerprint density at radius 1 is 1.10 bits per heavy atom. The number of rotatable bonds is 3. The van der Waals surface area contributed by atoms with Crippen LogP contribution in [0.2, 0.25) is 10.2 Å². The van der Waals surface area contributed by atoms with Crippen molar-refractivity contribution in [2.45, 2.75) is 13.8 Å². The molecule has 0 amide bonds. The Morgan fingerprint density at radius 2 is 1.83 bits per heavy atom. The minimum Gasteiger partial charge on any atom is -0.305 e. The number of nitrogens with zero attached hydrogens (tertiary/aromatic N) is 3. The summed E-state index contributed by atoms with van der Waals surface area (Å²) in [6, 6.07) is 12.7. The van der Waals surface area contributed by atoms with Crippen molar-refractivity contribution in [3.63, 3.8) is 0 Å². The van der Waals surface area contributed by atoms with Gasteiger partial charge in [-0.15, -0.1) is 0 Å². The van der Waals surface area contributed by atoms with E-state index in [2.05, 4.69) is 15.1 Å². The lowest BCUT2D eigenvalue weighted by molar-refractivity contribution is 0.863. The summed E-state index contributed by atoms with van der Waals surface area (Å²) in [7, 11) is 0. The maximum Gasteiger partial charge on any atom is 0.259 e. The van der Waals surface area contributed by atoms with Crippen molar-refractivity contribution in [2.24, 2.45) is 0 Å². The normalized spacial score (nSPS) is 12.0. The van der Waals surface area contributed by atoms with Crippen LogP contribution >= 0.6 is 34.8 Å². The lowest BCUT2D eigenvalue weighted by Gasteiger charge is -2.04. The van der Waals surface area contributed by atoms with E-state index in [9.17, 15) is 4.79 Å². The summed E-state index contributed by atoms with van der Waals surface area (Å²) < 4.78 is 1.64. The first kappa shape index (κ1) is 19.7. The fraction of sp³-hybridized carbons (Fsp3) is 0.0952. The highest BCUT2D eigenvalue weighted by Gasteiger charge is 2.15. The van der Waals surface area contributed by atoms with Crippen LogP contribution in [0.25, 0.3) is 27.7 Å². The quantitative estimate of drug-likeness (QED) is 0.435. The fourth-order valence-corrected chi connectivity index (χ4v) is 3.64. The third kappa shape index (κ3) is 3.81. The second-order valence-corrected chi connectivity index (χ2v) is 7.81. The Kier molecular flexibility index (Phi) is 5.21. The maximum absolute atomic E-state index is 12.4. The molecule has 2 aromatic heterocycles. The number of nitrogens with one attached hydrogen (secondary N) is 1. The molecule has 0 bridgehead atoms. The Morgan fingerprint density at radius 3 is 2.55 bits per heavy atom. The number of aromatic nitrogens is 4. The molecule has 4 aromatic rings. The molecule has 0 saturated heterocycles. The Bertz CT molecular complexity index is 1320. The molecule has 8 heteroatoms. The zero-order valence-corrected chi connectivity index (χ0v) is 17.8. The first-order valence-corrected chi connectivity index (χ1v) is 9.86. The molecule has 0 aliphatic heterocycles. The second kappa shape index (κ2) is 7.67. The number of halogens is 3. The van der Waals surface area contributed by atoms with Crippen LogP contribution in [0.1, 0.15) is 22.6 Å². The minimum atomic E-state index is -0.300. The molecule has 0 aliphatic carbocycles. The molecule has 0 radical (unpaired) electrons. The van der Waals surface area contributed by atoms with Crippen molar-refractivity contribution >= 4 is 56.8 Å². The van der Waals surface area contributed by atoms with E-state index in [1.165, 1.54) is 0 Å². The van der Waals surface area contributed by atoms with Crippen molar-refractivity contribution < 1.29 is 0 Å². The van der Waals surface area contributed by atoms with Crippen LogP contribution < -0.4 is 5.56 Å². The third-order valence-electron chi connectivity index (χ3n) is 4.49. The van der Waals surface area contributed by atoms with Gasteiger partial charge in [0.25, 0.3) is 5.56 Å². The predicted molar refractivity (Wildman–Crippen MR) is 119 cm³/mol. The number of H-pyrrole nitrogens is 1. The predicted octanol–water partition coefficient (Wildman–Crippen LogP) is 5.77. The average molecular weight is 446 g/mol. The zero-order valence-electron chi connectivity index (χ0n) is 15.5. The van der Waals surface area contributed by atoms with Crippen molar-refractivity contribution in [2.75, 3.05) is 0 Å². The molecule has 2 heterocycles. The number of hydrogen-bond acceptors (Lipinski definition) is 3. The van der Waals surface area contributed by atoms with Gasteiger partial charge in [0.2, 0.25) is 0 Å². The van der Waals surface area contributed by atoms with Gasteiger partial charge in [-0.2, -0.15) is 5.10 Å². The molecule has 146 valence electrons. The van der Waals surface area contributed by atoms with Crippen LogP contribution in [-0.4, -0.2) is 19.7 Å². The van der Waals surface area contributed by atoms with E-state index in [1.807, 2.05) is 38.1 Å². The van der Waals surface area contributed by atoms with Crippen LogP contribution in [0, 0.1) is 13.8 Å². The highest BCUT2D eigenvalue weighted by atomic mass is 35.5. The minimum absolute atomic E-state index is 0.227. The lowest BCUT2D eigenvalue weighted by Crippen LogP contribution is -2.10. The van der Waals surface area contributed by atoms with Crippen molar-refractivity contribution in [3.05, 3.63) is 85.6 Å². The van der Waals surface area contributed by atoms with Gasteiger partial charge in [-0.05, 0) is 50.3 Å². The van der Waals surface area contributed by atoms with E-state index in [0.29, 0.717) is 32.3 Å². The molecule has 1 N–H and O–H groups in total. The highest BCUT2D eigenvalue weighted by Crippen LogP contribution is 2.29. The number of aromatic amines is 1. The average Bonchev–Trinajstić information content (AvgIpc) is 2.96. The number of hydrogen-bond donors (Lipinski definition) is 1. The first-order chi connectivity index (χ1) is 13.8. The van der Waals surface area contributed by atoms with E-state index in [0.717, 1.165) is 11.3 Å². The monoisotopic (exact) mass is 444 g/mol. The molecule has 0 atom stereocenters. The number of fused-ring (bicyclic) bond motifs is 1. The van der Waals surface area contributed by atoms with E-state index in [-0.39, 0.29) is 16.4 Å². The summed E-state index contributed by atoms with van der Waals surface area (Å²) in [6.07, 6.45) is 1.64. The van der Waals surface area contributed by atoms with Crippen molar-refractivity contribution in [1.82, 2.24) is 19.7 Å². The van der Waals surface area contributed by atoms with Crippen molar-refractivity contribution in [3.8, 4) is 5.69 Å².